The van der Waals surface area contributed by atoms with Gasteiger partial charge in [-0.3, -0.25) is 4.79 Å². The maximum atomic E-state index is 11.8. The van der Waals surface area contributed by atoms with Crippen molar-refractivity contribution in [2.24, 2.45) is 4.99 Å². The van der Waals surface area contributed by atoms with E-state index in [2.05, 4.69) is 40.0 Å². The summed E-state index contributed by atoms with van der Waals surface area (Å²) in [6.45, 7) is 10.8. The molecule has 0 aliphatic rings. The van der Waals surface area contributed by atoms with Crippen LogP contribution in [0.4, 0.5) is 0 Å². The van der Waals surface area contributed by atoms with Crippen molar-refractivity contribution in [3.8, 4) is 0 Å². The first kappa shape index (κ1) is 18.0. The molecule has 0 aliphatic heterocycles. The average molecular weight is 304 g/mol. The van der Waals surface area contributed by atoms with E-state index in [1.54, 1.807) is 0 Å². The van der Waals surface area contributed by atoms with Crippen molar-refractivity contribution in [2.75, 3.05) is 13.1 Å². The number of nitrogens with zero attached hydrogens (tertiary/aromatic N) is 1. The van der Waals surface area contributed by atoms with E-state index in [0.29, 0.717) is 5.96 Å². The summed E-state index contributed by atoms with van der Waals surface area (Å²) in [6, 6.07) is 10.3. The van der Waals surface area contributed by atoms with Crippen molar-refractivity contribution in [1.82, 2.24) is 16.0 Å². The minimum absolute atomic E-state index is 0.0860. The quantitative estimate of drug-likeness (QED) is 0.577. The number of carbonyl (C=O) groups excluding carboxylic acids is 1. The third kappa shape index (κ3) is 7.11. The number of hydrogen-bond donors (Lipinski definition) is 3. The normalized spacial score (nSPS) is 13.4. The molecule has 0 heterocycles. The highest BCUT2D eigenvalue weighted by Crippen LogP contribution is 2.10. The van der Waals surface area contributed by atoms with E-state index in [-0.39, 0.29) is 24.0 Å². The molecule has 0 radical (unpaired) electrons. The van der Waals surface area contributed by atoms with E-state index in [0.717, 1.165) is 6.54 Å². The average Bonchev–Trinajstić information content (AvgIpc) is 2.44. The lowest BCUT2D eigenvalue weighted by molar-refractivity contribution is -0.121. The lowest BCUT2D eigenvalue weighted by Crippen LogP contribution is -2.43. The third-order valence-corrected chi connectivity index (χ3v) is 2.89. The molecule has 0 aliphatic carbocycles. The SMILES string of the molecule is CCNC(=NCC(=O)NC(C)(C)C)NC(C)c1ccccc1. The smallest absolute Gasteiger partial charge is 0.242 e. The molecule has 0 spiro atoms. The zero-order valence-corrected chi connectivity index (χ0v) is 14.2. The van der Waals surface area contributed by atoms with Gasteiger partial charge in [-0.15, -0.1) is 0 Å². The van der Waals surface area contributed by atoms with Crippen LogP contribution in [0.3, 0.4) is 0 Å². The van der Waals surface area contributed by atoms with E-state index in [4.69, 9.17) is 0 Å². The maximum Gasteiger partial charge on any atom is 0.242 e. The van der Waals surface area contributed by atoms with Crippen LogP contribution < -0.4 is 16.0 Å². The summed E-state index contributed by atoms with van der Waals surface area (Å²) in [6.07, 6.45) is 0. The summed E-state index contributed by atoms with van der Waals surface area (Å²) in [5, 5.41) is 9.37. The Kier molecular flexibility index (Phi) is 6.89. The molecule has 0 bridgehead atoms. The van der Waals surface area contributed by atoms with Crippen LogP contribution in [0.5, 0.6) is 0 Å². The van der Waals surface area contributed by atoms with Crippen LogP contribution in [0.15, 0.2) is 35.3 Å². The Bertz CT molecular complexity index is 491. The molecule has 1 aromatic carbocycles. The molecule has 1 rings (SSSR count). The molecule has 5 heteroatoms. The zero-order valence-electron chi connectivity index (χ0n) is 14.2. The van der Waals surface area contributed by atoms with Crippen LogP contribution in [-0.4, -0.2) is 30.5 Å². The molecule has 122 valence electrons. The van der Waals surface area contributed by atoms with E-state index in [1.807, 2.05) is 45.9 Å². The first-order valence-electron chi connectivity index (χ1n) is 7.72. The van der Waals surface area contributed by atoms with Crippen LogP contribution in [0.2, 0.25) is 0 Å². The van der Waals surface area contributed by atoms with Crippen LogP contribution >= 0.6 is 0 Å². The second kappa shape index (κ2) is 8.41. The van der Waals surface area contributed by atoms with Gasteiger partial charge in [-0.05, 0) is 40.2 Å². The highest BCUT2D eigenvalue weighted by molar-refractivity contribution is 5.85. The first-order valence-corrected chi connectivity index (χ1v) is 7.72. The molecular weight excluding hydrogens is 276 g/mol. The second-order valence-electron chi connectivity index (χ2n) is 6.27. The predicted octanol–water partition coefficient (Wildman–Crippen LogP) is 2.22. The number of carbonyl (C=O) groups is 1. The van der Waals surface area contributed by atoms with E-state index in [9.17, 15) is 4.79 Å². The largest absolute Gasteiger partial charge is 0.357 e. The molecule has 3 N–H and O–H groups in total. The van der Waals surface area contributed by atoms with Crippen molar-refractivity contribution in [3.63, 3.8) is 0 Å². The van der Waals surface area contributed by atoms with Crippen LogP contribution in [0.1, 0.15) is 46.2 Å². The van der Waals surface area contributed by atoms with Crippen molar-refractivity contribution in [2.45, 2.75) is 46.2 Å². The van der Waals surface area contributed by atoms with Crippen LogP contribution in [0.25, 0.3) is 0 Å². The van der Waals surface area contributed by atoms with E-state index in [1.165, 1.54) is 5.56 Å². The molecule has 1 unspecified atom stereocenters. The Balaban J connectivity index is 2.64. The Morgan fingerprint density at radius 3 is 2.41 bits per heavy atom. The summed E-state index contributed by atoms with van der Waals surface area (Å²) in [5.74, 6) is 0.556. The predicted molar refractivity (Wildman–Crippen MR) is 91.9 cm³/mol. The summed E-state index contributed by atoms with van der Waals surface area (Å²) in [4.78, 5) is 16.2. The molecule has 22 heavy (non-hydrogen) atoms. The molecule has 0 saturated heterocycles. The summed E-state index contributed by atoms with van der Waals surface area (Å²) < 4.78 is 0. The fourth-order valence-electron chi connectivity index (χ4n) is 1.96. The molecule has 1 atom stereocenters. The molecule has 1 amide bonds. The summed E-state index contributed by atoms with van der Waals surface area (Å²) >= 11 is 0. The summed E-state index contributed by atoms with van der Waals surface area (Å²) in [5.41, 5.74) is 0.933. The summed E-state index contributed by atoms with van der Waals surface area (Å²) in [7, 11) is 0. The fraction of sp³-hybridized carbons (Fsp3) is 0.529. The van der Waals surface area contributed by atoms with Gasteiger partial charge in [0.05, 0.1) is 6.04 Å². The minimum Gasteiger partial charge on any atom is -0.357 e. The lowest BCUT2D eigenvalue weighted by Gasteiger charge is -2.21. The van der Waals surface area contributed by atoms with Crippen molar-refractivity contribution >= 4 is 11.9 Å². The number of amides is 1. The molecule has 0 saturated carbocycles. The van der Waals surface area contributed by atoms with Gasteiger partial charge in [0.25, 0.3) is 0 Å². The molecule has 1 aromatic rings. The van der Waals surface area contributed by atoms with Crippen LogP contribution in [0, 0.1) is 0 Å². The third-order valence-electron chi connectivity index (χ3n) is 2.89. The highest BCUT2D eigenvalue weighted by atomic mass is 16.2. The van der Waals surface area contributed by atoms with Gasteiger partial charge < -0.3 is 16.0 Å². The minimum atomic E-state index is -0.240. The molecule has 5 nitrogen and oxygen atoms in total. The van der Waals surface area contributed by atoms with Gasteiger partial charge in [0.2, 0.25) is 5.91 Å². The van der Waals surface area contributed by atoms with Crippen molar-refractivity contribution < 1.29 is 4.79 Å². The monoisotopic (exact) mass is 304 g/mol. The maximum absolute atomic E-state index is 11.8. The van der Waals surface area contributed by atoms with Gasteiger partial charge >= 0.3 is 0 Å². The number of hydrogen-bond acceptors (Lipinski definition) is 2. The van der Waals surface area contributed by atoms with Crippen molar-refractivity contribution in [1.29, 1.82) is 0 Å². The number of aliphatic imine (C=N–C) groups is 1. The number of rotatable bonds is 5. The number of benzene rings is 1. The van der Waals surface area contributed by atoms with E-state index < -0.39 is 0 Å². The van der Waals surface area contributed by atoms with Crippen LogP contribution in [-0.2, 0) is 4.79 Å². The topological polar surface area (TPSA) is 65.5 Å². The molecule has 0 aromatic heterocycles. The van der Waals surface area contributed by atoms with Gasteiger partial charge in [0.15, 0.2) is 5.96 Å². The number of nitrogens with one attached hydrogen (secondary N) is 3. The first-order chi connectivity index (χ1) is 10.3. The molecule has 0 fully saturated rings. The Morgan fingerprint density at radius 2 is 1.86 bits per heavy atom. The zero-order chi connectivity index (χ0) is 16.6. The van der Waals surface area contributed by atoms with Gasteiger partial charge in [-0.25, -0.2) is 4.99 Å². The lowest BCUT2D eigenvalue weighted by atomic mass is 10.1. The highest BCUT2D eigenvalue weighted by Gasteiger charge is 2.13. The number of guanidine groups is 1. The Labute approximate surface area is 133 Å². The van der Waals surface area contributed by atoms with Gasteiger partial charge in [0, 0.05) is 12.1 Å². The fourth-order valence-corrected chi connectivity index (χ4v) is 1.96. The molecular formula is C17H28N4O. The van der Waals surface area contributed by atoms with E-state index >= 15 is 0 Å². The van der Waals surface area contributed by atoms with Gasteiger partial charge in [-0.1, -0.05) is 30.3 Å². The second-order valence-corrected chi connectivity index (χ2v) is 6.27. The standard InChI is InChI=1S/C17H28N4O/c1-6-18-16(19-12-15(22)21-17(3,4)5)20-13(2)14-10-8-7-9-11-14/h7-11,13H,6,12H2,1-5H3,(H,21,22)(H2,18,19,20). The van der Waals surface area contributed by atoms with Gasteiger partial charge in [0.1, 0.15) is 6.54 Å². The van der Waals surface area contributed by atoms with Crippen molar-refractivity contribution in [3.05, 3.63) is 35.9 Å². The Hall–Kier alpha value is -2.04. The Morgan fingerprint density at radius 1 is 1.23 bits per heavy atom. The van der Waals surface area contributed by atoms with Gasteiger partial charge in [-0.2, -0.15) is 0 Å².